The maximum atomic E-state index is 12.9. The lowest BCUT2D eigenvalue weighted by Crippen LogP contribution is -3.30. The van der Waals surface area contributed by atoms with E-state index in [4.69, 9.17) is 0 Å². The molecule has 0 aromatic heterocycles. The van der Waals surface area contributed by atoms with Crippen molar-refractivity contribution in [3.63, 3.8) is 0 Å². The molecule has 0 spiro atoms. The Kier molecular flexibility index (Phi) is 5.65. The van der Waals surface area contributed by atoms with E-state index in [9.17, 15) is 14.0 Å². The summed E-state index contributed by atoms with van der Waals surface area (Å²) < 4.78 is 12.9. The van der Waals surface area contributed by atoms with Crippen molar-refractivity contribution in [1.29, 1.82) is 0 Å². The van der Waals surface area contributed by atoms with Gasteiger partial charge in [-0.3, -0.25) is 9.59 Å². The molecule has 3 rings (SSSR count). The van der Waals surface area contributed by atoms with Crippen LogP contribution in [-0.2, 0) is 9.59 Å². The van der Waals surface area contributed by atoms with Crippen LogP contribution < -0.4 is 20.4 Å². The zero-order chi connectivity index (χ0) is 17.8. The number of hydrogen-bond donors (Lipinski definition) is 4. The summed E-state index contributed by atoms with van der Waals surface area (Å²) in [6.07, 6.45) is 2.21. The SMILES string of the molecule is C[C@H](C(=O)NC1CC1)[NH+]1CC[NH+](CC(=O)Nc2ccc(F)cc2)CC1. The monoisotopic (exact) mass is 350 g/mol. The lowest BCUT2D eigenvalue weighted by molar-refractivity contribution is -1.01. The first kappa shape index (κ1) is 17.8. The second-order valence-corrected chi connectivity index (χ2v) is 7.14. The first-order valence-corrected chi connectivity index (χ1v) is 9.05. The molecule has 2 amide bonds. The number of carbonyl (C=O) groups excluding carboxylic acids is 2. The number of rotatable bonds is 6. The quantitative estimate of drug-likeness (QED) is 0.490. The van der Waals surface area contributed by atoms with Gasteiger partial charge in [0.2, 0.25) is 0 Å². The van der Waals surface area contributed by atoms with Crippen molar-refractivity contribution in [2.24, 2.45) is 0 Å². The molecule has 6 nitrogen and oxygen atoms in total. The summed E-state index contributed by atoms with van der Waals surface area (Å²) in [6.45, 7) is 5.89. The van der Waals surface area contributed by atoms with Crippen LogP contribution >= 0.6 is 0 Å². The number of halogens is 1. The van der Waals surface area contributed by atoms with Gasteiger partial charge in [-0.05, 0) is 44.0 Å². The highest BCUT2D eigenvalue weighted by Gasteiger charge is 2.34. The van der Waals surface area contributed by atoms with E-state index in [0.29, 0.717) is 18.3 Å². The molecule has 2 aliphatic rings. The molecule has 4 N–H and O–H groups in total. The Morgan fingerprint density at radius 3 is 2.40 bits per heavy atom. The fourth-order valence-electron chi connectivity index (χ4n) is 3.24. The highest BCUT2D eigenvalue weighted by molar-refractivity contribution is 5.91. The third-order valence-electron chi connectivity index (χ3n) is 5.07. The van der Waals surface area contributed by atoms with Gasteiger partial charge in [0.15, 0.2) is 12.6 Å². The predicted molar refractivity (Wildman–Crippen MR) is 91.9 cm³/mol. The van der Waals surface area contributed by atoms with E-state index in [-0.39, 0.29) is 23.7 Å². The van der Waals surface area contributed by atoms with E-state index in [1.165, 1.54) is 21.9 Å². The fourth-order valence-corrected chi connectivity index (χ4v) is 3.24. The van der Waals surface area contributed by atoms with E-state index < -0.39 is 0 Å². The van der Waals surface area contributed by atoms with Gasteiger partial charge in [-0.15, -0.1) is 0 Å². The second kappa shape index (κ2) is 7.93. The first-order valence-electron chi connectivity index (χ1n) is 9.05. The predicted octanol–water partition coefficient (Wildman–Crippen LogP) is -1.79. The lowest BCUT2D eigenvalue weighted by Gasteiger charge is -2.32. The first-order chi connectivity index (χ1) is 12.0. The number of anilines is 1. The summed E-state index contributed by atoms with van der Waals surface area (Å²) in [4.78, 5) is 26.8. The maximum absolute atomic E-state index is 12.9. The molecule has 0 radical (unpaired) electrons. The minimum Gasteiger partial charge on any atom is -0.348 e. The average Bonchev–Trinajstić information content (AvgIpc) is 3.41. The van der Waals surface area contributed by atoms with E-state index >= 15 is 0 Å². The van der Waals surface area contributed by atoms with Crippen molar-refractivity contribution in [3.05, 3.63) is 30.1 Å². The van der Waals surface area contributed by atoms with Gasteiger partial charge in [-0.25, -0.2) is 4.39 Å². The molecule has 1 aliphatic carbocycles. The number of quaternary nitrogens is 2. The summed E-state index contributed by atoms with van der Waals surface area (Å²) in [7, 11) is 0. The summed E-state index contributed by atoms with van der Waals surface area (Å²) in [5.41, 5.74) is 0.612. The Labute approximate surface area is 147 Å². The van der Waals surface area contributed by atoms with Crippen LogP contribution in [0.2, 0.25) is 0 Å². The van der Waals surface area contributed by atoms with Gasteiger partial charge in [-0.1, -0.05) is 0 Å². The third-order valence-corrected chi connectivity index (χ3v) is 5.07. The molecule has 0 bridgehead atoms. The highest BCUT2D eigenvalue weighted by atomic mass is 19.1. The summed E-state index contributed by atoms with van der Waals surface area (Å²) in [5, 5.41) is 5.87. The third kappa shape index (κ3) is 5.24. The van der Waals surface area contributed by atoms with Crippen LogP contribution in [0.25, 0.3) is 0 Å². The molecule has 1 saturated heterocycles. The van der Waals surface area contributed by atoms with E-state index in [0.717, 1.165) is 39.0 Å². The summed E-state index contributed by atoms with van der Waals surface area (Å²) in [5.74, 6) is -0.234. The molecule has 136 valence electrons. The number of benzene rings is 1. The largest absolute Gasteiger partial charge is 0.348 e. The van der Waals surface area contributed by atoms with Crippen LogP contribution in [0.4, 0.5) is 10.1 Å². The number of piperazine rings is 1. The Hall–Kier alpha value is -1.99. The Bertz CT molecular complexity index is 610. The van der Waals surface area contributed by atoms with Gasteiger partial charge in [0.1, 0.15) is 32.0 Å². The Morgan fingerprint density at radius 1 is 1.16 bits per heavy atom. The average molecular weight is 350 g/mol. The van der Waals surface area contributed by atoms with Crippen LogP contribution in [0.15, 0.2) is 24.3 Å². The van der Waals surface area contributed by atoms with Gasteiger partial charge in [-0.2, -0.15) is 0 Å². The number of amides is 2. The van der Waals surface area contributed by atoms with Crippen molar-refractivity contribution in [2.75, 3.05) is 38.0 Å². The molecule has 1 saturated carbocycles. The molecule has 25 heavy (non-hydrogen) atoms. The van der Waals surface area contributed by atoms with E-state index in [2.05, 4.69) is 10.6 Å². The lowest BCUT2D eigenvalue weighted by atomic mass is 10.2. The molecule has 2 fully saturated rings. The fraction of sp³-hybridized carbons (Fsp3) is 0.556. The molecular formula is C18H27FN4O2+2. The number of hydrogen-bond acceptors (Lipinski definition) is 2. The molecular weight excluding hydrogens is 323 g/mol. The van der Waals surface area contributed by atoms with E-state index in [1.807, 2.05) is 6.92 Å². The summed E-state index contributed by atoms with van der Waals surface area (Å²) >= 11 is 0. The van der Waals surface area contributed by atoms with Crippen LogP contribution in [0.5, 0.6) is 0 Å². The minimum atomic E-state index is -0.317. The van der Waals surface area contributed by atoms with Crippen molar-refractivity contribution in [1.82, 2.24) is 5.32 Å². The van der Waals surface area contributed by atoms with Crippen LogP contribution in [0.1, 0.15) is 19.8 Å². The minimum absolute atomic E-state index is 0.0322. The molecule has 0 unspecified atom stereocenters. The van der Waals surface area contributed by atoms with Gasteiger partial charge < -0.3 is 20.4 Å². The van der Waals surface area contributed by atoms with Crippen molar-refractivity contribution in [2.45, 2.75) is 31.8 Å². The van der Waals surface area contributed by atoms with Crippen LogP contribution in [0, 0.1) is 5.82 Å². The zero-order valence-corrected chi connectivity index (χ0v) is 14.6. The van der Waals surface area contributed by atoms with Crippen LogP contribution in [0.3, 0.4) is 0 Å². The normalized spacial score (nSPS) is 24.4. The maximum Gasteiger partial charge on any atom is 0.279 e. The highest BCUT2D eigenvalue weighted by Crippen LogP contribution is 2.18. The molecule has 1 heterocycles. The molecule has 1 aliphatic heterocycles. The topological polar surface area (TPSA) is 67.1 Å². The smallest absolute Gasteiger partial charge is 0.279 e. The van der Waals surface area contributed by atoms with Crippen molar-refractivity contribution >= 4 is 17.5 Å². The summed E-state index contributed by atoms with van der Waals surface area (Å²) in [6, 6.07) is 6.15. The van der Waals surface area contributed by atoms with Gasteiger partial charge in [0.25, 0.3) is 11.8 Å². The Morgan fingerprint density at radius 2 is 1.80 bits per heavy atom. The van der Waals surface area contributed by atoms with Crippen LogP contribution in [-0.4, -0.2) is 56.6 Å². The second-order valence-electron chi connectivity index (χ2n) is 7.14. The molecule has 1 aromatic carbocycles. The van der Waals surface area contributed by atoms with Gasteiger partial charge in [0.05, 0.1) is 0 Å². The molecule has 1 aromatic rings. The molecule has 1 atom stereocenters. The van der Waals surface area contributed by atoms with Gasteiger partial charge >= 0.3 is 0 Å². The van der Waals surface area contributed by atoms with Gasteiger partial charge in [0, 0.05) is 11.7 Å². The zero-order valence-electron chi connectivity index (χ0n) is 14.6. The van der Waals surface area contributed by atoms with Crippen molar-refractivity contribution < 1.29 is 23.8 Å². The standard InChI is InChI=1S/C18H25FN4O2/c1-13(18(25)21-16-6-7-16)23-10-8-22(9-11-23)12-17(24)20-15-4-2-14(19)3-5-15/h2-5,13,16H,6-12H2,1H3,(H,20,24)(H,21,25)/p+2/t13-/m1/s1. The van der Waals surface area contributed by atoms with E-state index in [1.54, 1.807) is 12.1 Å². The Balaban J connectivity index is 1.40. The number of carbonyl (C=O) groups is 2. The van der Waals surface area contributed by atoms with Crippen molar-refractivity contribution in [3.8, 4) is 0 Å². The molecule has 7 heteroatoms. The number of nitrogens with one attached hydrogen (secondary N) is 4.